The molecule has 1 aromatic carbocycles. The van der Waals surface area contributed by atoms with E-state index in [2.05, 4.69) is 6.92 Å². The zero-order valence-corrected chi connectivity index (χ0v) is 12.1. The van der Waals surface area contributed by atoms with Crippen LogP contribution in [0.5, 0.6) is 0 Å². The van der Waals surface area contributed by atoms with Crippen LogP contribution < -0.4 is 5.73 Å². The standard InChI is InChI=1S/C16H24N2O/c1-11-7-4-5-10-14(11)18(3)16(19)15-12(2)8-6-9-13(15)17/h6,8-9,11,14H,4-5,7,10,17H2,1-3H3. The number of hydrogen-bond acceptors (Lipinski definition) is 2. The van der Waals surface area contributed by atoms with Gasteiger partial charge < -0.3 is 10.6 Å². The van der Waals surface area contributed by atoms with E-state index < -0.39 is 0 Å². The maximum absolute atomic E-state index is 12.7. The lowest BCUT2D eigenvalue weighted by Crippen LogP contribution is -2.43. The first kappa shape index (κ1) is 13.9. The van der Waals surface area contributed by atoms with Crippen molar-refractivity contribution in [1.82, 2.24) is 4.90 Å². The van der Waals surface area contributed by atoms with Crippen LogP contribution in [-0.2, 0) is 0 Å². The summed E-state index contributed by atoms with van der Waals surface area (Å²) in [5.74, 6) is 0.641. The molecule has 0 bridgehead atoms. The number of hydrogen-bond donors (Lipinski definition) is 1. The molecule has 2 unspecified atom stereocenters. The van der Waals surface area contributed by atoms with Crippen molar-refractivity contribution in [3.63, 3.8) is 0 Å². The van der Waals surface area contributed by atoms with Crippen molar-refractivity contribution in [2.45, 2.75) is 45.6 Å². The number of nitrogens with zero attached hydrogens (tertiary/aromatic N) is 1. The molecule has 3 nitrogen and oxygen atoms in total. The topological polar surface area (TPSA) is 46.3 Å². The highest BCUT2D eigenvalue weighted by atomic mass is 16.2. The van der Waals surface area contributed by atoms with Crippen molar-refractivity contribution in [2.24, 2.45) is 5.92 Å². The van der Waals surface area contributed by atoms with Crippen molar-refractivity contribution in [2.75, 3.05) is 12.8 Å². The van der Waals surface area contributed by atoms with E-state index in [0.717, 1.165) is 12.0 Å². The summed E-state index contributed by atoms with van der Waals surface area (Å²) in [5.41, 5.74) is 8.19. The fraction of sp³-hybridized carbons (Fsp3) is 0.562. The van der Waals surface area contributed by atoms with Crippen LogP contribution in [0.15, 0.2) is 18.2 Å². The summed E-state index contributed by atoms with van der Waals surface area (Å²) in [6.45, 7) is 4.19. The van der Waals surface area contributed by atoms with Crippen LogP contribution in [0.1, 0.15) is 48.5 Å². The minimum atomic E-state index is 0.0642. The number of nitrogen functional groups attached to an aromatic ring is 1. The minimum Gasteiger partial charge on any atom is -0.398 e. The summed E-state index contributed by atoms with van der Waals surface area (Å²) in [6, 6.07) is 5.99. The number of benzene rings is 1. The quantitative estimate of drug-likeness (QED) is 0.830. The third-order valence-corrected chi connectivity index (χ3v) is 4.40. The fourth-order valence-corrected chi connectivity index (χ4v) is 3.18. The van der Waals surface area contributed by atoms with Crippen LogP contribution in [0.25, 0.3) is 0 Å². The molecule has 2 N–H and O–H groups in total. The summed E-state index contributed by atoms with van der Waals surface area (Å²) < 4.78 is 0. The number of rotatable bonds is 2. The zero-order chi connectivity index (χ0) is 14.0. The van der Waals surface area contributed by atoms with E-state index in [-0.39, 0.29) is 5.91 Å². The highest BCUT2D eigenvalue weighted by molar-refractivity contribution is 6.00. The predicted octanol–water partition coefficient (Wildman–Crippen LogP) is 3.23. The Bertz CT molecular complexity index is 450. The maximum Gasteiger partial charge on any atom is 0.256 e. The van der Waals surface area contributed by atoms with E-state index in [0.29, 0.717) is 23.2 Å². The second kappa shape index (κ2) is 5.64. The third kappa shape index (κ3) is 2.75. The minimum absolute atomic E-state index is 0.0642. The molecule has 0 aliphatic heterocycles. The molecular weight excluding hydrogens is 236 g/mol. The number of amides is 1. The van der Waals surface area contributed by atoms with Crippen LogP contribution in [-0.4, -0.2) is 23.9 Å². The van der Waals surface area contributed by atoms with Gasteiger partial charge in [-0.05, 0) is 37.3 Å². The van der Waals surface area contributed by atoms with Crippen LogP contribution in [0.2, 0.25) is 0 Å². The van der Waals surface area contributed by atoms with E-state index in [1.54, 1.807) is 6.07 Å². The average molecular weight is 260 g/mol. The summed E-state index contributed by atoms with van der Waals surface area (Å²) >= 11 is 0. The Labute approximate surface area is 115 Å². The first-order chi connectivity index (χ1) is 9.02. The number of nitrogens with two attached hydrogens (primary N) is 1. The van der Waals surface area contributed by atoms with E-state index in [1.807, 2.05) is 31.0 Å². The van der Waals surface area contributed by atoms with Gasteiger partial charge in [-0.15, -0.1) is 0 Å². The summed E-state index contributed by atoms with van der Waals surface area (Å²) in [6.07, 6.45) is 4.82. The van der Waals surface area contributed by atoms with Gasteiger partial charge in [0, 0.05) is 18.8 Å². The SMILES string of the molecule is Cc1cccc(N)c1C(=O)N(C)C1CCCCC1C. The molecule has 1 aliphatic carbocycles. The number of carbonyl (C=O) groups is 1. The Balaban J connectivity index is 2.23. The van der Waals surface area contributed by atoms with E-state index in [4.69, 9.17) is 5.73 Å². The molecular formula is C16H24N2O. The van der Waals surface area contributed by atoms with Crippen molar-refractivity contribution in [3.8, 4) is 0 Å². The number of aryl methyl sites for hydroxylation is 1. The Kier molecular flexibility index (Phi) is 4.13. The van der Waals surface area contributed by atoms with Gasteiger partial charge in [0.05, 0.1) is 5.56 Å². The van der Waals surface area contributed by atoms with Crippen LogP contribution in [0.4, 0.5) is 5.69 Å². The van der Waals surface area contributed by atoms with Crippen LogP contribution in [0.3, 0.4) is 0 Å². The summed E-state index contributed by atoms with van der Waals surface area (Å²) in [5, 5.41) is 0. The Hall–Kier alpha value is -1.51. The van der Waals surface area contributed by atoms with Gasteiger partial charge in [-0.3, -0.25) is 4.79 Å². The molecule has 1 amide bonds. The molecule has 0 aromatic heterocycles. The molecule has 2 rings (SSSR count). The van der Waals surface area contributed by atoms with Crippen molar-refractivity contribution < 1.29 is 4.79 Å². The smallest absolute Gasteiger partial charge is 0.256 e. The fourth-order valence-electron chi connectivity index (χ4n) is 3.18. The molecule has 1 aliphatic rings. The Morgan fingerprint density at radius 1 is 1.32 bits per heavy atom. The van der Waals surface area contributed by atoms with Gasteiger partial charge in [-0.1, -0.05) is 31.9 Å². The second-order valence-electron chi connectivity index (χ2n) is 5.78. The van der Waals surface area contributed by atoms with Gasteiger partial charge in [0.1, 0.15) is 0 Å². The normalized spacial score (nSPS) is 23.1. The summed E-state index contributed by atoms with van der Waals surface area (Å²) in [7, 11) is 1.92. The molecule has 0 spiro atoms. The van der Waals surface area contributed by atoms with Gasteiger partial charge >= 0.3 is 0 Å². The average Bonchev–Trinajstić information content (AvgIpc) is 2.38. The highest BCUT2D eigenvalue weighted by Crippen LogP contribution is 2.29. The molecule has 0 radical (unpaired) electrons. The molecule has 1 saturated carbocycles. The molecule has 1 aromatic rings. The first-order valence-corrected chi connectivity index (χ1v) is 7.14. The zero-order valence-electron chi connectivity index (χ0n) is 12.1. The number of carbonyl (C=O) groups excluding carboxylic acids is 1. The van der Waals surface area contributed by atoms with Gasteiger partial charge in [-0.25, -0.2) is 0 Å². The maximum atomic E-state index is 12.7. The van der Waals surface area contributed by atoms with Crippen molar-refractivity contribution in [1.29, 1.82) is 0 Å². The van der Waals surface area contributed by atoms with Gasteiger partial charge in [0.2, 0.25) is 0 Å². The molecule has 104 valence electrons. The number of anilines is 1. The second-order valence-corrected chi connectivity index (χ2v) is 5.78. The molecule has 3 heteroatoms. The molecule has 1 fully saturated rings. The lowest BCUT2D eigenvalue weighted by molar-refractivity contribution is 0.0629. The molecule has 0 heterocycles. The van der Waals surface area contributed by atoms with E-state index >= 15 is 0 Å². The highest BCUT2D eigenvalue weighted by Gasteiger charge is 2.29. The lowest BCUT2D eigenvalue weighted by atomic mass is 9.84. The molecule has 19 heavy (non-hydrogen) atoms. The molecule has 0 saturated heterocycles. The van der Waals surface area contributed by atoms with E-state index in [9.17, 15) is 4.79 Å². The van der Waals surface area contributed by atoms with Gasteiger partial charge in [0.15, 0.2) is 0 Å². The Morgan fingerprint density at radius 2 is 2.00 bits per heavy atom. The largest absolute Gasteiger partial charge is 0.398 e. The van der Waals surface area contributed by atoms with Crippen molar-refractivity contribution >= 4 is 11.6 Å². The lowest BCUT2D eigenvalue weighted by Gasteiger charge is -2.36. The third-order valence-electron chi connectivity index (χ3n) is 4.40. The predicted molar refractivity (Wildman–Crippen MR) is 79.1 cm³/mol. The summed E-state index contributed by atoms with van der Waals surface area (Å²) in [4.78, 5) is 14.6. The van der Waals surface area contributed by atoms with Crippen LogP contribution in [0, 0.1) is 12.8 Å². The first-order valence-electron chi connectivity index (χ1n) is 7.14. The van der Waals surface area contributed by atoms with Crippen LogP contribution >= 0.6 is 0 Å². The monoisotopic (exact) mass is 260 g/mol. The van der Waals surface area contributed by atoms with Gasteiger partial charge in [0.25, 0.3) is 5.91 Å². The van der Waals surface area contributed by atoms with E-state index in [1.165, 1.54) is 19.3 Å². The van der Waals surface area contributed by atoms with Crippen molar-refractivity contribution in [3.05, 3.63) is 29.3 Å². The van der Waals surface area contributed by atoms with Gasteiger partial charge in [-0.2, -0.15) is 0 Å². The molecule has 2 atom stereocenters. The Morgan fingerprint density at radius 3 is 2.63 bits per heavy atom.